The molecule has 1 aromatic carbocycles. The fourth-order valence-corrected chi connectivity index (χ4v) is 2.16. The molecule has 0 aromatic heterocycles. The summed E-state index contributed by atoms with van der Waals surface area (Å²) in [5.74, 6) is 0.994. The number of hydrogen-bond acceptors (Lipinski definition) is 3. The van der Waals surface area contributed by atoms with Crippen LogP contribution in [0.4, 0.5) is 0 Å². The molecular weight excluding hydrogens is 200 g/mol. The highest BCUT2D eigenvalue weighted by atomic mass is 32.2. The van der Waals surface area contributed by atoms with Crippen LogP contribution in [0.5, 0.6) is 0 Å². The van der Waals surface area contributed by atoms with Crippen molar-refractivity contribution in [2.24, 2.45) is 0 Å². The molecule has 3 heteroatoms. The van der Waals surface area contributed by atoms with Crippen LogP contribution in [0.25, 0.3) is 0 Å². The largest absolute Gasteiger partial charge is 0.372 e. The molecule has 1 unspecified atom stereocenters. The maximum absolute atomic E-state index is 5.27. The van der Waals surface area contributed by atoms with Gasteiger partial charge in [0.05, 0.1) is 16.9 Å². The normalized spacial score (nSPS) is 19.8. The summed E-state index contributed by atoms with van der Waals surface area (Å²) >= 11 is 6.98. The van der Waals surface area contributed by atoms with Gasteiger partial charge in [-0.2, -0.15) is 0 Å². The highest BCUT2D eigenvalue weighted by Gasteiger charge is 2.22. The van der Waals surface area contributed by atoms with E-state index in [1.807, 2.05) is 30.3 Å². The molecule has 1 aliphatic heterocycles. The van der Waals surface area contributed by atoms with Gasteiger partial charge in [0.25, 0.3) is 0 Å². The molecule has 1 heterocycles. The van der Waals surface area contributed by atoms with Gasteiger partial charge in [-0.3, -0.25) is 0 Å². The molecule has 1 nitrogen and oxygen atoms in total. The summed E-state index contributed by atoms with van der Waals surface area (Å²) in [4.78, 5) is 0. The molecule has 1 saturated heterocycles. The first-order chi connectivity index (χ1) is 6.36. The molecule has 0 spiro atoms. The maximum Gasteiger partial charge on any atom is 0.0903 e. The lowest BCUT2D eigenvalue weighted by Crippen LogP contribution is -1.96. The molecule has 0 bridgehead atoms. The first kappa shape index (κ1) is 9.19. The number of epoxide rings is 1. The highest BCUT2D eigenvalue weighted by molar-refractivity contribution is 8.23. The van der Waals surface area contributed by atoms with Gasteiger partial charge < -0.3 is 4.74 Å². The van der Waals surface area contributed by atoms with Crippen LogP contribution in [0.2, 0.25) is 0 Å². The quantitative estimate of drug-likeness (QED) is 0.562. The van der Waals surface area contributed by atoms with Crippen LogP contribution in [0.1, 0.15) is 5.56 Å². The summed E-state index contributed by atoms with van der Waals surface area (Å²) in [6, 6.07) is 10.1. The summed E-state index contributed by atoms with van der Waals surface area (Å²) in [6.07, 6.45) is 0.451. The van der Waals surface area contributed by atoms with Crippen molar-refractivity contribution in [1.29, 1.82) is 0 Å². The molecule has 1 fully saturated rings. The Kier molecular flexibility index (Phi) is 2.98. The third kappa shape index (κ3) is 2.79. The zero-order valence-corrected chi connectivity index (χ0v) is 8.74. The van der Waals surface area contributed by atoms with E-state index in [-0.39, 0.29) is 0 Å². The van der Waals surface area contributed by atoms with Crippen LogP contribution < -0.4 is 0 Å². The van der Waals surface area contributed by atoms with Crippen LogP contribution >= 0.6 is 24.0 Å². The lowest BCUT2D eigenvalue weighted by atomic mass is 10.2. The van der Waals surface area contributed by atoms with Crippen LogP contribution in [-0.4, -0.2) is 22.7 Å². The van der Waals surface area contributed by atoms with Crippen molar-refractivity contribution < 1.29 is 4.74 Å². The van der Waals surface area contributed by atoms with E-state index < -0.39 is 0 Å². The van der Waals surface area contributed by atoms with E-state index >= 15 is 0 Å². The third-order valence-electron chi connectivity index (χ3n) is 1.81. The second kappa shape index (κ2) is 4.22. The number of ether oxygens (including phenoxy) is 1. The number of hydrogen-bond donors (Lipinski definition) is 0. The van der Waals surface area contributed by atoms with Crippen molar-refractivity contribution in [3.63, 3.8) is 0 Å². The summed E-state index contributed by atoms with van der Waals surface area (Å²) in [6.45, 7) is 0.907. The Balaban J connectivity index is 1.89. The lowest BCUT2D eigenvalue weighted by Gasteiger charge is -2.00. The molecular formula is C10H10OS2. The van der Waals surface area contributed by atoms with Crippen molar-refractivity contribution in [2.45, 2.75) is 6.10 Å². The minimum atomic E-state index is 0.451. The van der Waals surface area contributed by atoms with E-state index in [0.717, 1.165) is 22.1 Å². The number of rotatable bonds is 3. The number of thiocarbonyl (C=S) groups is 1. The molecule has 0 N–H and O–H groups in total. The Labute approximate surface area is 87.5 Å². The Morgan fingerprint density at radius 3 is 2.77 bits per heavy atom. The average molecular weight is 210 g/mol. The Hall–Kier alpha value is -0.380. The molecule has 1 aromatic rings. The van der Waals surface area contributed by atoms with E-state index in [0.29, 0.717) is 6.10 Å². The average Bonchev–Trinajstić information content (AvgIpc) is 2.99. The van der Waals surface area contributed by atoms with Crippen molar-refractivity contribution >= 4 is 28.2 Å². The van der Waals surface area contributed by atoms with Gasteiger partial charge in [-0.15, -0.1) is 11.8 Å². The Morgan fingerprint density at radius 1 is 1.46 bits per heavy atom. The molecule has 68 valence electrons. The smallest absolute Gasteiger partial charge is 0.0903 e. The minimum absolute atomic E-state index is 0.451. The van der Waals surface area contributed by atoms with Crippen molar-refractivity contribution in [1.82, 2.24) is 0 Å². The second-order valence-electron chi connectivity index (χ2n) is 2.92. The van der Waals surface area contributed by atoms with Crippen LogP contribution in [0.15, 0.2) is 30.3 Å². The summed E-state index contributed by atoms with van der Waals surface area (Å²) in [7, 11) is 0. The molecule has 0 amide bonds. The van der Waals surface area contributed by atoms with Gasteiger partial charge >= 0.3 is 0 Å². The SMILES string of the molecule is S=C(SCC1CO1)c1ccccc1. The zero-order chi connectivity index (χ0) is 9.10. The summed E-state index contributed by atoms with van der Waals surface area (Å²) < 4.78 is 6.08. The van der Waals surface area contributed by atoms with Gasteiger partial charge in [0, 0.05) is 5.75 Å². The van der Waals surface area contributed by atoms with Gasteiger partial charge in [-0.25, -0.2) is 0 Å². The fraction of sp³-hybridized carbons (Fsp3) is 0.300. The molecule has 13 heavy (non-hydrogen) atoms. The van der Waals surface area contributed by atoms with Gasteiger partial charge in [0.2, 0.25) is 0 Å². The van der Waals surface area contributed by atoms with E-state index in [1.54, 1.807) is 11.8 Å². The molecule has 0 radical (unpaired) electrons. The molecule has 0 saturated carbocycles. The van der Waals surface area contributed by atoms with Gasteiger partial charge in [0.1, 0.15) is 0 Å². The van der Waals surface area contributed by atoms with Crippen molar-refractivity contribution in [3.8, 4) is 0 Å². The topological polar surface area (TPSA) is 12.5 Å². The van der Waals surface area contributed by atoms with E-state index in [2.05, 4.69) is 0 Å². The van der Waals surface area contributed by atoms with Crippen molar-refractivity contribution in [2.75, 3.05) is 12.4 Å². The first-order valence-electron chi connectivity index (χ1n) is 4.20. The molecule has 2 rings (SSSR count). The highest BCUT2D eigenvalue weighted by Crippen LogP contribution is 2.20. The van der Waals surface area contributed by atoms with E-state index in [9.17, 15) is 0 Å². The number of benzene rings is 1. The Morgan fingerprint density at radius 2 is 2.15 bits per heavy atom. The van der Waals surface area contributed by atoms with E-state index in [4.69, 9.17) is 17.0 Å². The van der Waals surface area contributed by atoms with Gasteiger partial charge in [0.15, 0.2) is 0 Å². The molecule has 1 atom stereocenters. The van der Waals surface area contributed by atoms with E-state index in [1.165, 1.54) is 0 Å². The van der Waals surface area contributed by atoms with Gasteiger partial charge in [-0.05, 0) is 5.56 Å². The Bertz CT molecular complexity index is 293. The first-order valence-corrected chi connectivity index (χ1v) is 5.59. The molecule has 1 aliphatic rings. The van der Waals surface area contributed by atoms with Crippen LogP contribution in [-0.2, 0) is 4.74 Å². The predicted octanol–water partition coefficient (Wildman–Crippen LogP) is 2.49. The monoisotopic (exact) mass is 210 g/mol. The minimum Gasteiger partial charge on any atom is -0.372 e. The predicted molar refractivity (Wildman–Crippen MR) is 60.3 cm³/mol. The summed E-state index contributed by atoms with van der Waals surface area (Å²) in [5, 5.41) is 0. The van der Waals surface area contributed by atoms with Gasteiger partial charge in [-0.1, -0.05) is 42.5 Å². The standard InChI is InChI=1S/C10H10OS2/c12-10(13-7-9-6-11-9)8-4-2-1-3-5-8/h1-5,9H,6-7H2. The fourth-order valence-electron chi connectivity index (χ4n) is 0.990. The molecule has 0 aliphatic carbocycles. The van der Waals surface area contributed by atoms with Crippen LogP contribution in [0, 0.1) is 0 Å². The van der Waals surface area contributed by atoms with Crippen molar-refractivity contribution in [3.05, 3.63) is 35.9 Å². The maximum atomic E-state index is 5.27. The second-order valence-corrected chi connectivity index (χ2v) is 4.62. The number of thioether (sulfide) groups is 1. The van der Waals surface area contributed by atoms with Crippen LogP contribution in [0.3, 0.4) is 0 Å². The summed E-state index contributed by atoms with van der Waals surface area (Å²) in [5.41, 5.74) is 1.14. The zero-order valence-electron chi connectivity index (χ0n) is 7.10. The lowest BCUT2D eigenvalue weighted by molar-refractivity contribution is 0.426. The third-order valence-corrected chi connectivity index (χ3v) is 3.44.